The lowest BCUT2D eigenvalue weighted by atomic mass is 10.1. The molecule has 0 amide bonds. The zero-order chi connectivity index (χ0) is 14.7. The molecule has 6 heteroatoms. The highest BCUT2D eigenvalue weighted by Gasteiger charge is 2.31. The first-order valence-electron chi connectivity index (χ1n) is 6.50. The third-order valence-corrected chi connectivity index (χ3v) is 3.42. The molecule has 0 aromatic rings. The van der Waals surface area contributed by atoms with Crippen molar-refractivity contribution in [1.29, 1.82) is 0 Å². The average molecular weight is 296 g/mol. The lowest BCUT2D eigenvalue weighted by Crippen LogP contribution is -2.45. The molecule has 116 valence electrons. The zero-order valence-corrected chi connectivity index (χ0v) is 13.7. The van der Waals surface area contributed by atoms with E-state index in [2.05, 4.69) is 6.92 Å². The molecule has 0 saturated carbocycles. The Kier molecular flexibility index (Phi) is 12.0. The monoisotopic (exact) mass is 296 g/mol. The van der Waals surface area contributed by atoms with Crippen LogP contribution in [0.2, 0.25) is 0 Å². The number of methoxy groups -OCH3 is 3. The first-order valence-corrected chi connectivity index (χ1v) is 7.65. The normalized spacial score (nSPS) is 18.0. The van der Waals surface area contributed by atoms with Crippen LogP contribution >= 0.6 is 12.0 Å². The van der Waals surface area contributed by atoms with Crippen molar-refractivity contribution in [2.24, 2.45) is 0 Å². The number of rotatable bonds is 12. The molecule has 0 radical (unpaired) electrons. The molecule has 4 atom stereocenters. The van der Waals surface area contributed by atoms with Gasteiger partial charge in [-0.1, -0.05) is 6.92 Å². The topological polar surface area (TPSA) is 46.2 Å². The van der Waals surface area contributed by atoms with Gasteiger partial charge in [0.15, 0.2) is 0 Å². The summed E-state index contributed by atoms with van der Waals surface area (Å²) >= 11 is 1.29. The molecule has 0 aliphatic carbocycles. The molecular weight excluding hydrogens is 268 g/mol. The third kappa shape index (κ3) is 7.48. The van der Waals surface area contributed by atoms with Gasteiger partial charge in [-0.05, 0) is 25.4 Å². The minimum Gasteiger partial charge on any atom is -0.382 e. The summed E-state index contributed by atoms with van der Waals surface area (Å²) in [7, 11) is 4.94. The van der Waals surface area contributed by atoms with E-state index >= 15 is 0 Å². The maximum atomic E-state index is 5.73. The van der Waals surface area contributed by atoms with E-state index in [1.807, 2.05) is 13.2 Å². The predicted molar refractivity (Wildman–Crippen MR) is 77.6 cm³/mol. The van der Waals surface area contributed by atoms with Crippen LogP contribution in [0.5, 0.6) is 0 Å². The Balaban J connectivity index is 4.54. The quantitative estimate of drug-likeness (QED) is 0.514. The van der Waals surface area contributed by atoms with Crippen LogP contribution < -0.4 is 0 Å². The summed E-state index contributed by atoms with van der Waals surface area (Å²) in [6.45, 7) is 5.05. The minimum atomic E-state index is -0.235. The van der Waals surface area contributed by atoms with Gasteiger partial charge >= 0.3 is 0 Å². The average Bonchev–Trinajstić information content (AvgIpc) is 2.43. The van der Waals surface area contributed by atoms with E-state index in [9.17, 15) is 0 Å². The molecule has 0 fully saturated rings. The highest BCUT2D eigenvalue weighted by atomic mass is 32.2. The van der Waals surface area contributed by atoms with E-state index in [4.69, 9.17) is 23.1 Å². The highest BCUT2D eigenvalue weighted by Crippen LogP contribution is 2.17. The fourth-order valence-corrected chi connectivity index (χ4v) is 2.09. The molecule has 0 rings (SSSR count). The lowest BCUT2D eigenvalue weighted by molar-refractivity contribution is -0.127. The third-order valence-electron chi connectivity index (χ3n) is 2.98. The molecule has 0 aliphatic rings. The Morgan fingerprint density at radius 2 is 1.68 bits per heavy atom. The number of hydrogen-bond acceptors (Lipinski definition) is 6. The Bertz CT molecular complexity index is 199. The van der Waals surface area contributed by atoms with E-state index in [1.165, 1.54) is 12.0 Å². The van der Waals surface area contributed by atoms with Crippen LogP contribution in [-0.2, 0) is 23.1 Å². The van der Waals surface area contributed by atoms with Gasteiger partial charge < -0.3 is 23.1 Å². The summed E-state index contributed by atoms with van der Waals surface area (Å²) in [6, 6.07) is 0. The number of hydrogen-bond donors (Lipinski definition) is 0. The molecule has 0 bridgehead atoms. The minimum absolute atomic E-state index is 0.189. The van der Waals surface area contributed by atoms with Crippen LogP contribution in [0.15, 0.2) is 0 Å². The van der Waals surface area contributed by atoms with Gasteiger partial charge in [0.25, 0.3) is 0 Å². The SMILES string of the molecule is CCC(C)OCC(OC)C(OC)C(COC)OSC. The Hall–Kier alpha value is 0.150. The highest BCUT2D eigenvalue weighted by molar-refractivity contribution is 7.93. The fourth-order valence-electron chi connectivity index (χ4n) is 1.68. The maximum Gasteiger partial charge on any atom is 0.124 e. The molecular formula is C13H28O5S. The van der Waals surface area contributed by atoms with Crippen molar-refractivity contribution >= 4 is 12.0 Å². The predicted octanol–water partition coefficient (Wildman–Crippen LogP) is 2.14. The van der Waals surface area contributed by atoms with Crippen molar-refractivity contribution in [2.45, 2.75) is 44.7 Å². The molecule has 5 nitrogen and oxygen atoms in total. The van der Waals surface area contributed by atoms with E-state index in [-0.39, 0.29) is 24.4 Å². The molecule has 4 unspecified atom stereocenters. The molecule has 0 heterocycles. The van der Waals surface area contributed by atoms with Crippen LogP contribution in [0.1, 0.15) is 20.3 Å². The van der Waals surface area contributed by atoms with Crippen molar-refractivity contribution < 1.29 is 23.1 Å². The summed E-state index contributed by atoms with van der Waals surface area (Å²) < 4.78 is 27.5. The van der Waals surface area contributed by atoms with Crippen molar-refractivity contribution in [1.82, 2.24) is 0 Å². The van der Waals surface area contributed by atoms with Crippen LogP contribution in [0, 0.1) is 0 Å². The van der Waals surface area contributed by atoms with Crippen LogP contribution in [0.25, 0.3) is 0 Å². The van der Waals surface area contributed by atoms with Gasteiger partial charge in [0, 0.05) is 27.6 Å². The van der Waals surface area contributed by atoms with Gasteiger partial charge in [0.1, 0.15) is 18.3 Å². The van der Waals surface area contributed by atoms with Gasteiger partial charge in [0.2, 0.25) is 0 Å². The summed E-state index contributed by atoms with van der Waals surface area (Å²) in [5.41, 5.74) is 0. The smallest absolute Gasteiger partial charge is 0.124 e. The summed E-state index contributed by atoms with van der Waals surface area (Å²) in [5.74, 6) is 0. The summed E-state index contributed by atoms with van der Waals surface area (Å²) in [5, 5.41) is 0. The van der Waals surface area contributed by atoms with E-state index in [1.54, 1.807) is 21.3 Å². The standard InChI is InChI=1S/C13H28O5S/c1-7-10(2)17-9-11(15-4)13(16-5)12(8-14-3)18-19-6/h10-13H,7-9H2,1-6H3. The lowest BCUT2D eigenvalue weighted by Gasteiger charge is -2.31. The maximum absolute atomic E-state index is 5.73. The van der Waals surface area contributed by atoms with Crippen molar-refractivity contribution in [2.75, 3.05) is 40.8 Å². The molecule has 0 spiro atoms. The molecule has 0 saturated heterocycles. The summed E-state index contributed by atoms with van der Waals surface area (Å²) in [4.78, 5) is 0. The van der Waals surface area contributed by atoms with E-state index < -0.39 is 0 Å². The van der Waals surface area contributed by atoms with Crippen molar-refractivity contribution in [3.63, 3.8) is 0 Å². The van der Waals surface area contributed by atoms with Gasteiger partial charge in [-0.3, -0.25) is 0 Å². The largest absolute Gasteiger partial charge is 0.382 e. The van der Waals surface area contributed by atoms with Crippen LogP contribution in [0.3, 0.4) is 0 Å². The first kappa shape index (κ1) is 19.1. The van der Waals surface area contributed by atoms with Gasteiger partial charge in [-0.2, -0.15) is 0 Å². The summed E-state index contributed by atoms with van der Waals surface area (Å²) in [6.07, 6.45) is 2.42. The van der Waals surface area contributed by atoms with Crippen LogP contribution in [0.4, 0.5) is 0 Å². The second-order valence-corrected chi connectivity index (χ2v) is 4.81. The van der Waals surface area contributed by atoms with Crippen LogP contribution in [-0.4, -0.2) is 65.2 Å². The Labute approximate surface area is 121 Å². The molecule has 0 aromatic heterocycles. The number of ether oxygens (including phenoxy) is 4. The zero-order valence-electron chi connectivity index (χ0n) is 12.9. The van der Waals surface area contributed by atoms with E-state index in [0.29, 0.717) is 13.2 Å². The Morgan fingerprint density at radius 3 is 2.11 bits per heavy atom. The molecule has 0 aromatic carbocycles. The van der Waals surface area contributed by atoms with Gasteiger partial charge in [-0.25, -0.2) is 0 Å². The fraction of sp³-hybridized carbons (Fsp3) is 1.00. The first-order chi connectivity index (χ1) is 9.14. The second kappa shape index (κ2) is 11.9. The second-order valence-electron chi connectivity index (χ2n) is 4.28. The van der Waals surface area contributed by atoms with Crippen molar-refractivity contribution in [3.8, 4) is 0 Å². The van der Waals surface area contributed by atoms with Gasteiger partial charge in [0.05, 0.1) is 19.3 Å². The van der Waals surface area contributed by atoms with Gasteiger partial charge in [-0.15, -0.1) is 0 Å². The van der Waals surface area contributed by atoms with Crippen molar-refractivity contribution in [3.05, 3.63) is 0 Å². The van der Waals surface area contributed by atoms with E-state index in [0.717, 1.165) is 6.42 Å². The Morgan fingerprint density at radius 1 is 1.00 bits per heavy atom. The molecule has 0 aliphatic heterocycles. The molecule has 0 N–H and O–H groups in total. The molecule has 19 heavy (non-hydrogen) atoms.